The van der Waals surface area contributed by atoms with E-state index in [0.717, 1.165) is 23.9 Å². The van der Waals surface area contributed by atoms with Crippen LogP contribution in [0.5, 0.6) is 0 Å². The number of hydrogen-bond donors (Lipinski definition) is 1. The van der Waals surface area contributed by atoms with Gasteiger partial charge in [0.2, 0.25) is 0 Å². The van der Waals surface area contributed by atoms with E-state index in [-0.39, 0.29) is 6.04 Å². The average Bonchev–Trinajstić information content (AvgIpc) is 2.47. The zero-order valence-electron chi connectivity index (χ0n) is 12.5. The summed E-state index contributed by atoms with van der Waals surface area (Å²) in [5, 5.41) is 0.777. The Kier molecular flexibility index (Phi) is 6.34. The number of benzene rings is 1. The van der Waals surface area contributed by atoms with Crippen molar-refractivity contribution in [1.29, 1.82) is 0 Å². The van der Waals surface area contributed by atoms with Crippen molar-refractivity contribution in [2.45, 2.75) is 45.1 Å². The van der Waals surface area contributed by atoms with Crippen molar-refractivity contribution >= 4 is 11.6 Å². The van der Waals surface area contributed by atoms with Gasteiger partial charge in [0.25, 0.3) is 0 Å². The molecular formula is C17H27ClN2. The van der Waals surface area contributed by atoms with E-state index in [1.54, 1.807) is 0 Å². The summed E-state index contributed by atoms with van der Waals surface area (Å²) < 4.78 is 0. The van der Waals surface area contributed by atoms with E-state index in [4.69, 9.17) is 17.3 Å². The van der Waals surface area contributed by atoms with E-state index in [1.165, 1.54) is 44.3 Å². The normalized spacial score (nSPS) is 19.1. The highest BCUT2D eigenvalue weighted by molar-refractivity contribution is 6.30. The van der Waals surface area contributed by atoms with Crippen LogP contribution in [0.25, 0.3) is 0 Å². The summed E-state index contributed by atoms with van der Waals surface area (Å²) in [5.41, 5.74) is 7.46. The molecule has 2 nitrogen and oxygen atoms in total. The van der Waals surface area contributed by atoms with Crippen LogP contribution in [0.3, 0.4) is 0 Å². The lowest BCUT2D eigenvalue weighted by molar-refractivity contribution is 0.174. The zero-order valence-corrected chi connectivity index (χ0v) is 13.3. The first-order valence-electron chi connectivity index (χ1n) is 7.92. The maximum atomic E-state index is 6.27. The molecule has 112 valence electrons. The lowest BCUT2D eigenvalue weighted by Crippen LogP contribution is -2.35. The summed E-state index contributed by atoms with van der Waals surface area (Å²) in [7, 11) is 0. The number of nitrogens with zero attached hydrogens (tertiary/aromatic N) is 1. The van der Waals surface area contributed by atoms with E-state index < -0.39 is 0 Å². The number of rotatable bonds is 6. The van der Waals surface area contributed by atoms with Gasteiger partial charge in [-0.1, -0.05) is 43.5 Å². The summed E-state index contributed by atoms with van der Waals surface area (Å²) in [6.45, 7) is 5.90. The SMILES string of the molecule is CCCC1CCN(CCC(N)c2ccc(Cl)cc2)CC1. The molecule has 1 heterocycles. The lowest BCUT2D eigenvalue weighted by atomic mass is 9.92. The molecule has 2 N–H and O–H groups in total. The van der Waals surface area contributed by atoms with Crippen LogP contribution in [0.15, 0.2) is 24.3 Å². The van der Waals surface area contributed by atoms with Gasteiger partial charge in [-0.2, -0.15) is 0 Å². The molecule has 0 spiro atoms. The van der Waals surface area contributed by atoms with Crippen LogP contribution in [0.2, 0.25) is 5.02 Å². The first-order valence-corrected chi connectivity index (χ1v) is 8.30. The molecule has 0 saturated carbocycles. The molecule has 0 amide bonds. The van der Waals surface area contributed by atoms with Crippen LogP contribution in [0.4, 0.5) is 0 Å². The van der Waals surface area contributed by atoms with Gasteiger partial charge < -0.3 is 10.6 Å². The minimum atomic E-state index is 0.126. The Balaban J connectivity index is 1.71. The Morgan fingerprint density at radius 1 is 1.25 bits per heavy atom. The van der Waals surface area contributed by atoms with E-state index in [1.807, 2.05) is 24.3 Å². The molecule has 20 heavy (non-hydrogen) atoms. The van der Waals surface area contributed by atoms with Crippen molar-refractivity contribution in [1.82, 2.24) is 4.90 Å². The predicted octanol–water partition coefficient (Wildman–Crippen LogP) is 4.24. The fourth-order valence-corrected chi connectivity index (χ4v) is 3.23. The molecule has 2 rings (SSSR count). The maximum Gasteiger partial charge on any atom is 0.0406 e. The van der Waals surface area contributed by atoms with Gasteiger partial charge in [-0.15, -0.1) is 0 Å². The Morgan fingerprint density at radius 3 is 2.50 bits per heavy atom. The molecule has 0 aromatic heterocycles. The first kappa shape index (κ1) is 15.8. The number of piperidine rings is 1. The van der Waals surface area contributed by atoms with Crippen LogP contribution in [-0.2, 0) is 0 Å². The zero-order chi connectivity index (χ0) is 14.4. The Bertz CT molecular complexity index is 382. The Hall–Kier alpha value is -0.570. The van der Waals surface area contributed by atoms with Gasteiger partial charge in [0, 0.05) is 11.1 Å². The fourth-order valence-electron chi connectivity index (χ4n) is 3.11. The van der Waals surface area contributed by atoms with Crippen molar-refractivity contribution < 1.29 is 0 Å². The third-order valence-corrected chi connectivity index (χ3v) is 4.71. The number of halogens is 1. The molecule has 1 aliphatic heterocycles. The summed E-state index contributed by atoms with van der Waals surface area (Å²) in [4.78, 5) is 2.57. The van der Waals surface area contributed by atoms with Gasteiger partial charge in [-0.25, -0.2) is 0 Å². The monoisotopic (exact) mass is 294 g/mol. The van der Waals surface area contributed by atoms with E-state index in [9.17, 15) is 0 Å². The van der Waals surface area contributed by atoms with Gasteiger partial charge >= 0.3 is 0 Å². The van der Waals surface area contributed by atoms with Gasteiger partial charge in [-0.05, 0) is 62.5 Å². The van der Waals surface area contributed by atoms with Crippen LogP contribution >= 0.6 is 11.6 Å². The second-order valence-electron chi connectivity index (χ2n) is 6.02. The van der Waals surface area contributed by atoms with Gasteiger partial charge in [-0.3, -0.25) is 0 Å². The molecular weight excluding hydrogens is 268 g/mol. The van der Waals surface area contributed by atoms with E-state index in [0.29, 0.717) is 0 Å². The maximum absolute atomic E-state index is 6.27. The van der Waals surface area contributed by atoms with E-state index >= 15 is 0 Å². The highest BCUT2D eigenvalue weighted by atomic mass is 35.5. The molecule has 1 aromatic rings. The van der Waals surface area contributed by atoms with Crippen molar-refractivity contribution in [2.75, 3.05) is 19.6 Å². The molecule has 1 saturated heterocycles. The van der Waals surface area contributed by atoms with Crippen molar-refractivity contribution in [3.8, 4) is 0 Å². The largest absolute Gasteiger partial charge is 0.324 e. The molecule has 1 unspecified atom stereocenters. The van der Waals surface area contributed by atoms with E-state index in [2.05, 4.69) is 11.8 Å². The number of nitrogens with two attached hydrogens (primary N) is 1. The lowest BCUT2D eigenvalue weighted by Gasteiger charge is -2.32. The summed E-state index contributed by atoms with van der Waals surface area (Å²) in [6.07, 6.45) is 6.48. The molecule has 1 aliphatic rings. The molecule has 0 bridgehead atoms. The third kappa shape index (κ3) is 4.76. The molecule has 0 aliphatic carbocycles. The summed E-state index contributed by atoms with van der Waals surface area (Å²) in [5.74, 6) is 0.959. The molecule has 1 aromatic carbocycles. The smallest absolute Gasteiger partial charge is 0.0406 e. The van der Waals surface area contributed by atoms with Gasteiger partial charge in [0.05, 0.1) is 0 Å². The minimum absolute atomic E-state index is 0.126. The molecule has 0 radical (unpaired) electrons. The first-order chi connectivity index (χ1) is 9.69. The summed E-state index contributed by atoms with van der Waals surface area (Å²) >= 11 is 5.91. The standard InChI is InChI=1S/C17H27ClN2/c1-2-3-14-8-11-20(12-9-14)13-10-17(19)15-4-6-16(18)7-5-15/h4-7,14,17H,2-3,8-13,19H2,1H3. The number of hydrogen-bond acceptors (Lipinski definition) is 2. The highest BCUT2D eigenvalue weighted by Gasteiger charge is 2.18. The fraction of sp³-hybridized carbons (Fsp3) is 0.647. The van der Waals surface area contributed by atoms with Crippen LogP contribution in [0.1, 0.15) is 50.6 Å². The molecule has 1 atom stereocenters. The van der Waals surface area contributed by atoms with Crippen LogP contribution in [0, 0.1) is 5.92 Å². The van der Waals surface area contributed by atoms with Crippen LogP contribution < -0.4 is 5.73 Å². The second kappa shape index (κ2) is 8.02. The molecule has 3 heteroatoms. The topological polar surface area (TPSA) is 29.3 Å². The molecule has 1 fully saturated rings. The van der Waals surface area contributed by atoms with Crippen molar-refractivity contribution in [3.05, 3.63) is 34.9 Å². The minimum Gasteiger partial charge on any atom is -0.324 e. The Labute approximate surface area is 128 Å². The highest BCUT2D eigenvalue weighted by Crippen LogP contribution is 2.23. The van der Waals surface area contributed by atoms with Crippen molar-refractivity contribution in [2.24, 2.45) is 11.7 Å². The average molecular weight is 295 g/mol. The summed E-state index contributed by atoms with van der Waals surface area (Å²) in [6, 6.07) is 8.06. The van der Waals surface area contributed by atoms with Crippen LogP contribution in [-0.4, -0.2) is 24.5 Å². The van der Waals surface area contributed by atoms with Crippen molar-refractivity contribution in [3.63, 3.8) is 0 Å². The second-order valence-corrected chi connectivity index (χ2v) is 6.46. The van der Waals surface area contributed by atoms with Gasteiger partial charge in [0.1, 0.15) is 0 Å². The predicted molar refractivity (Wildman–Crippen MR) is 87.1 cm³/mol. The Morgan fingerprint density at radius 2 is 1.90 bits per heavy atom. The third-order valence-electron chi connectivity index (χ3n) is 4.46. The van der Waals surface area contributed by atoms with Gasteiger partial charge in [0.15, 0.2) is 0 Å². The number of likely N-dealkylation sites (tertiary alicyclic amines) is 1. The quantitative estimate of drug-likeness (QED) is 0.850.